The SMILES string of the molecule is COc1cc(NC(C(=O)N2CCc3ccc(C(F)(F)F)cc32)c2ccc(Cl)cc2OCCOCc2ccccc2)cc(-n2cncn2)c1. The quantitative estimate of drug-likeness (QED) is 0.139. The highest BCUT2D eigenvalue weighted by Crippen LogP contribution is 2.39. The molecule has 5 aromatic rings. The van der Waals surface area contributed by atoms with Gasteiger partial charge in [-0.2, -0.15) is 18.3 Å². The molecule has 2 heterocycles. The summed E-state index contributed by atoms with van der Waals surface area (Å²) in [7, 11) is 1.51. The van der Waals surface area contributed by atoms with Crippen molar-refractivity contribution in [2.45, 2.75) is 25.2 Å². The molecule has 248 valence electrons. The van der Waals surface area contributed by atoms with Crippen LogP contribution in [0.4, 0.5) is 24.5 Å². The van der Waals surface area contributed by atoms with Gasteiger partial charge in [0.15, 0.2) is 0 Å². The van der Waals surface area contributed by atoms with Crippen LogP contribution in [0, 0.1) is 0 Å². The second kappa shape index (κ2) is 14.4. The van der Waals surface area contributed by atoms with E-state index in [1.54, 1.807) is 36.4 Å². The number of fused-ring (bicyclic) bond motifs is 1. The number of alkyl halides is 3. The average Bonchev–Trinajstić information content (AvgIpc) is 3.78. The zero-order valence-corrected chi connectivity index (χ0v) is 26.5. The van der Waals surface area contributed by atoms with Crippen molar-refractivity contribution >= 4 is 28.9 Å². The molecule has 0 spiro atoms. The number of ether oxygens (including phenoxy) is 3. The molecule has 0 fully saturated rings. The first kappa shape index (κ1) is 32.9. The lowest BCUT2D eigenvalue weighted by Gasteiger charge is -2.28. The summed E-state index contributed by atoms with van der Waals surface area (Å²) >= 11 is 6.39. The van der Waals surface area contributed by atoms with Crippen molar-refractivity contribution in [2.75, 3.05) is 37.1 Å². The second-order valence-corrected chi connectivity index (χ2v) is 11.4. The number of halogens is 4. The van der Waals surface area contributed by atoms with Crippen LogP contribution in [0.15, 0.2) is 97.6 Å². The number of nitrogens with zero attached hydrogens (tertiary/aromatic N) is 4. The summed E-state index contributed by atoms with van der Waals surface area (Å²) in [6, 6.07) is 22.2. The fraction of sp³-hybridized carbons (Fsp3) is 0.229. The first-order chi connectivity index (χ1) is 23.2. The number of carbonyl (C=O) groups is 1. The van der Waals surface area contributed by atoms with Crippen LogP contribution in [0.2, 0.25) is 5.02 Å². The van der Waals surface area contributed by atoms with Gasteiger partial charge in [0.25, 0.3) is 5.91 Å². The fourth-order valence-electron chi connectivity index (χ4n) is 5.48. The fourth-order valence-corrected chi connectivity index (χ4v) is 5.65. The van der Waals surface area contributed by atoms with E-state index >= 15 is 0 Å². The summed E-state index contributed by atoms with van der Waals surface area (Å²) in [5, 5.41) is 7.87. The minimum atomic E-state index is -4.57. The molecule has 13 heteroatoms. The number of anilines is 2. The van der Waals surface area contributed by atoms with E-state index in [-0.39, 0.29) is 25.4 Å². The number of benzene rings is 4. The molecule has 0 radical (unpaired) electrons. The van der Waals surface area contributed by atoms with Crippen LogP contribution in [0.25, 0.3) is 5.69 Å². The zero-order valence-electron chi connectivity index (χ0n) is 25.8. The molecule has 1 aliphatic rings. The lowest BCUT2D eigenvalue weighted by Crippen LogP contribution is -2.37. The van der Waals surface area contributed by atoms with Crippen molar-refractivity contribution in [3.05, 3.63) is 125 Å². The number of hydrogen-bond acceptors (Lipinski definition) is 7. The molecule has 9 nitrogen and oxygen atoms in total. The molecular formula is C35H31ClF3N5O4. The van der Waals surface area contributed by atoms with E-state index in [1.807, 2.05) is 30.3 Å². The van der Waals surface area contributed by atoms with Crippen molar-refractivity contribution in [3.63, 3.8) is 0 Å². The van der Waals surface area contributed by atoms with Gasteiger partial charge in [-0.3, -0.25) is 4.79 Å². The van der Waals surface area contributed by atoms with Gasteiger partial charge in [0.05, 0.1) is 31.6 Å². The molecule has 6 rings (SSSR count). The van der Waals surface area contributed by atoms with E-state index < -0.39 is 23.7 Å². The summed E-state index contributed by atoms with van der Waals surface area (Å²) in [6.07, 6.45) is -1.25. The third kappa shape index (κ3) is 7.56. The highest BCUT2D eigenvalue weighted by atomic mass is 35.5. The van der Waals surface area contributed by atoms with Gasteiger partial charge in [0.2, 0.25) is 0 Å². The van der Waals surface area contributed by atoms with E-state index in [0.29, 0.717) is 52.1 Å². The summed E-state index contributed by atoms with van der Waals surface area (Å²) < 4.78 is 60.1. The summed E-state index contributed by atoms with van der Waals surface area (Å²) in [6.45, 7) is 1.00. The molecule has 48 heavy (non-hydrogen) atoms. The molecule has 1 aromatic heterocycles. The maximum atomic E-state index is 14.5. The summed E-state index contributed by atoms with van der Waals surface area (Å²) in [4.78, 5) is 19.9. The molecule has 1 amide bonds. The summed E-state index contributed by atoms with van der Waals surface area (Å²) in [5.41, 5.74) is 2.55. The maximum Gasteiger partial charge on any atom is 0.416 e. The van der Waals surface area contributed by atoms with Crippen molar-refractivity contribution in [1.29, 1.82) is 0 Å². The largest absolute Gasteiger partial charge is 0.497 e. The van der Waals surface area contributed by atoms with Crippen LogP contribution in [-0.4, -0.2) is 47.5 Å². The van der Waals surface area contributed by atoms with Crippen LogP contribution in [0.5, 0.6) is 11.5 Å². The molecule has 1 N–H and O–H groups in total. The number of rotatable bonds is 12. The van der Waals surface area contributed by atoms with E-state index in [9.17, 15) is 18.0 Å². The predicted octanol–water partition coefficient (Wildman–Crippen LogP) is 7.29. The zero-order chi connectivity index (χ0) is 33.7. The lowest BCUT2D eigenvalue weighted by atomic mass is 10.0. The van der Waals surface area contributed by atoms with Crippen LogP contribution >= 0.6 is 11.6 Å². The Balaban J connectivity index is 1.33. The van der Waals surface area contributed by atoms with E-state index in [0.717, 1.165) is 17.7 Å². The summed E-state index contributed by atoms with van der Waals surface area (Å²) in [5.74, 6) is 0.311. The van der Waals surface area contributed by atoms with Crippen molar-refractivity contribution in [3.8, 4) is 17.2 Å². The monoisotopic (exact) mass is 677 g/mol. The average molecular weight is 678 g/mol. The Morgan fingerprint density at radius 3 is 2.60 bits per heavy atom. The number of amides is 1. The molecule has 0 saturated heterocycles. The molecule has 1 atom stereocenters. The van der Waals surface area contributed by atoms with Gasteiger partial charge in [-0.15, -0.1) is 0 Å². The molecule has 1 aliphatic heterocycles. The van der Waals surface area contributed by atoms with Gasteiger partial charge >= 0.3 is 6.18 Å². The molecule has 0 bridgehead atoms. The van der Waals surface area contributed by atoms with E-state index in [1.165, 1.54) is 35.4 Å². The van der Waals surface area contributed by atoms with Crippen LogP contribution in [0.1, 0.15) is 28.3 Å². The van der Waals surface area contributed by atoms with E-state index in [2.05, 4.69) is 15.4 Å². The van der Waals surface area contributed by atoms with Gasteiger partial charge in [-0.1, -0.05) is 54.1 Å². The topological polar surface area (TPSA) is 90.7 Å². The maximum absolute atomic E-state index is 14.5. The van der Waals surface area contributed by atoms with Crippen molar-refractivity contribution < 1.29 is 32.2 Å². The molecule has 0 saturated carbocycles. The second-order valence-electron chi connectivity index (χ2n) is 11.0. The third-order valence-corrected chi connectivity index (χ3v) is 8.06. The highest BCUT2D eigenvalue weighted by Gasteiger charge is 2.37. The Hall–Kier alpha value is -5.07. The Morgan fingerprint density at radius 1 is 1.02 bits per heavy atom. The first-order valence-corrected chi connectivity index (χ1v) is 15.4. The molecule has 1 unspecified atom stereocenters. The highest BCUT2D eigenvalue weighted by molar-refractivity contribution is 6.30. The van der Waals surface area contributed by atoms with Gasteiger partial charge < -0.3 is 24.4 Å². The van der Waals surface area contributed by atoms with Gasteiger partial charge in [-0.25, -0.2) is 9.67 Å². The number of nitrogens with one attached hydrogen (secondary N) is 1. The first-order valence-electron chi connectivity index (χ1n) is 15.1. The molecule has 0 aliphatic carbocycles. The minimum absolute atomic E-state index is 0.151. The van der Waals surface area contributed by atoms with Gasteiger partial charge in [0.1, 0.15) is 36.8 Å². The Labute approximate surface area is 279 Å². The van der Waals surface area contributed by atoms with E-state index in [4.69, 9.17) is 25.8 Å². The third-order valence-electron chi connectivity index (χ3n) is 7.83. The standard InChI is InChI=1S/C35H31ClF3N5O4/c1-46-29-18-27(17-28(19-29)44-22-40-21-41-44)42-33(34(45)43-12-11-24-7-8-25(15-31(24)43)35(37,38)39)30-10-9-26(36)16-32(30)48-14-13-47-20-23-5-3-2-4-6-23/h2-10,15-19,21-22,33,42H,11-14,20H2,1H3. The minimum Gasteiger partial charge on any atom is -0.497 e. The molecular weight excluding hydrogens is 647 g/mol. The van der Waals surface area contributed by atoms with Gasteiger partial charge in [-0.05, 0) is 47.9 Å². The van der Waals surface area contributed by atoms with Crippen molar-refractivity contribution in [1.82, 2.24) is 14.8 Å². The van der Waals surface area contributed by atoms with Crippen LogP contribution < -0.4 is 19.7 Å². The Morgan fingerprint density at radius 2 is 1.85 bits per heavy atom. The number of aromatic nitrogens is 3. The lowest BCUT2D eigenvalue weighted by molar-refractivity contribution is -0.137. The number of hydrogen-bond donors (Lipinski definition) is 1. The number of methoxy groups -OCH3 is 1. The van der Waals surface area contributed by atoms with Crippen LogP contribution in [-0.2, 0) is 28.7 Å². The number of carbonyl (C=O) groups excluding carboxylic acids is 1. The Kier molecular flexibility index (Phi) is 9.83. The smallest absolute Gasteiger partial charge is 0.416 e. The predicted molar refractivity (Wildman–Crippen MR) is 175 cm³/mol. The molecule has 4 aromatic carbocycles. The van der Waals surface area contributed by atoms with Crippen molar-refractivity contribution in [2.24, 2.45) is 0 Å². The normalized spacial score (nSPS) is 13.2. The van der Waals surface area contributed by atoms with Gasteiger partial charge in [0, 0.05) is 40.6 Å². The van der Waals surface area contributed by atoms with Crippen LogP contribution in [0.3, 0.4) is 0 Å². The Bertz CT molecular complexity index is 1870.